The van der Waals surface area contributed by atoms with Crippen LogP contribution in [0.1, 0.15) is 28.8 Å². The van der Waals surface area contributed by atoms with Crippen LogP contribution >= 0.6 is 0 Å². The van der Waals surface area contributed by atoms with Gasteiger partial charge in [-0.2, -0.15) is 0 Å². The van der Waals surface area contributed by atoms with Crippen LogP contribution in [0.4, 0.5) is 5.69 Å². The van der Waals surface area contributed by atoms with Crippen molar-refractivity contribution in [1.29, 1.82) is 0 Å². The highest BCUT2D eigenvalue weighted by Crippen LogP contribution is 2.47. The number of fused-ring (bicyclic) bond motifs is 2. The van der Waals surface area contributed by atoms with Gasteiger partial charge in [-0.05, 0) is 49.7 Å². The first kappa shape index (κ1) is 17.8. The second kappa shape index (κ2) is 7.20. The van der Waals surface area contributed by atoms with Crippen molar-refractivity contribution in [3.8, 4) is 5.75 Å². The van der Waals surface area contributed by atoms with Crippen LogP contribution in [0.3, 0.4) is 0 Å². The molecule has 1 amide bonds. The molecule has 2 aromatic carbocycles. The van der Waals surface area contributed by atoms with Crippen LogP contribution in [-0.4, -0.2) is 44.1 Å². The minimum absolute atomic E-state index is 0.0188. The van der Waals surface area contributed by atoms with Gasteiger partial charge >= 0.3 is 0 Å². The maximum absolute atomic E-state index is 13.4. The number of carbonyl (C=O) groups excluding carboxylic acids is 1. The summed E-state index contributed by atoms with van der Waals surface area (Å²) in [6, 6.07) is 15.9. The number of anilines is 1. The van der Waals surface area contributed by atoms with E-state index in [1.807, 2.05) is 41.3 Å². The Kier molecular flexibility index (Phi) is 4.75. The molecule has 1 fully saturated rings. The van der Waals surface area contributed by atoms with Crippen LogP contribution in [0.5, 0.6) is 5.75 Å². The molecular weight excluding hydrogens is 336 g/mol. The number of hydrogen-bond donors (Lipinski definition) is 0. The van der Waals surface area contributed by atoms with Gasteiger partial charge in [-0.15, -0.1) is 6.58 Å². The van der Waals surface area contributed by atoms with Gasteiger partial charge in [-0.3, -0.25) is 9.69 Å². The van der Waals surface area contributed by atoms with E-state index in [1.54, 1.807) is 7.11 Å². The van der Waals surface area contributed by atoms with Gasteiger partial charge in [0, 0.05) is 24.2 Å². The van der Waals surface area contributed by atoms with Gasteiger partial charge in [0.15, 0.2) is 0 Å². The Balaban J connectivity index is 1.67. The number of likely N-dealkylation sites (tertiary alicyclic amines) is 1. The van der Waals surface area contributed by atoms with E-state index >= 15 is 0 Å². The number of piperidine rings is 1. The summed E-state index contributed by atoms with van der Waals surface area (Å²) in [6.07, 6.45) is 4.10. The second-order valence-corrected chi connectivity index (χ2v) is 7.48. The Hall–Kier alpha value is -2.59. The van der Waals surface area contributed by atoms with Crippen molar-refractivity contribution in [3.63, 3.8) is 0 Å². The minimum Gasteiger partial charge on any atom is -0.496 e. The fraction of sp³-hybridized carbons (Fsp3) is 0.348. The molecule has 0 atom stereocenters. The largest absolute Gasteiger partial charge is 0.496 e. The molecule has 2 aliphatic heterocycles. The predicted molar refractivity (Wildman–Crippen MR) is 109 cm³/mol. The Morgan fingerprint density at radius 1 is 1.15 bits per heavy atom. The molecule has 0 radical (unpaired) electrons. The molecule has 0 bridgehead atoms. The monoisotopic (exact) mass is 362 g/mol. The predicted octanol–water partition coefficient (Wildman–Crippen LogP) is 3.88. The number of carbonyl (C=O) groups is 1. The minimum atomic E-state index is 0.0188. The van der Waals surface area contributed by atoms with Crippen LogP contribution in [0, 0.1) is 0 Å². The maximum Gasteiger partial charge on any atom is 0.262 e. The zero-order valence-electron chi connectivity index (χ0n) is 15.9. The number of rotatable bonds is 4. The molecule has 0 N–H and O–H groups in total. The lowest BCUT2D eigenvalue weighted by molar-refractivity contribution is 0.0975. The Labute approximate surface area is 161 Å². The fourth-order valence-electron chi connectivity index (χ4n) is 4.55. The highest BCUT2D eigenvalue weighted by atomic mass is 16.5. The number of para-hydroxylation sites is 2. The summed E-state index contributed by atoms with van der Waals surface area (Å²) in [5.74, 6) is 0.645. The summed E-state index contributed by atoms with van der Waals surface area (Å²) < 4.78 is 5.43. The molecule has 0 saturated carbocycles. The molecule has 2 heterocycles. The average Bonchev–Trinajstić information content (AvgIpc) is 3.04. The van der Waals surface area contributed by atoms with E-state index in [0.717, 1.165) is 44.7 Å². The van der Waals surface area contributed by atoms with Crippen molar-refractivity contribution in [3.05, 3.63) is 72.3 Å². The van der Waals surface area contributed by atoms with Crippen molar-refractivity contribution in [1.82, 2.24) is 4.90 Å². The van der Waals surface area contributed by atoms with Gasteiger partial charge in [0.2, 0.25) is 0 Å². The topological polar surface area (TPSA) is 32.8 Å². The summed E-state index contributed by atoms with van der Waals surface area (Å²) in [5.41, 5.74) is 3.03. The number of benzene rings is 2. The van der Waals surface area contributed by atoms with Crippen LogP contribution in [0.15, 0.2) is 61.2 Å². The lowest BCUT2D eigenvalue weighted by Gasteiger charge is -2.39. The third-order valence-corrected chi connectivity index (χ3v) is 6.01. The number of hydrogen-bond acceptors (Lipinski definition) is 3. The van der Waals surface area contributed by atoms with Crippen molar-refractivity contribution in [2.75, 3.05) is 38.2 Å². The average molecular weight is 362 g/mol. The number of methoxy groups -OCH3 is 1. The third kappa shape index (κ3) is 3.04. The van der Waals surface area contributed by atoms with Crippen LogP contribution in [0.25, 0.3) is 0 Å². The maximum atomic E-state index is 13.4. The van der Waals surface area contributed by atoms with Gasteiger partial charge in [0.1, 0.15) is 5.75 Å². The zero-order chi connectivity index (χ0) is 18.9. The van der Waals surface area contributed by atoms with E-state index in [0.29, 0.717) is 11.3 Å². The van der Waals surface area contributed by atoms with Crippen molar-refractivity contribution >= 4 is 11.6 Å². The normalized spacial score (nSPS) is 18.3. The number of ether oxygens (including phenoxy) is 1. The summed E-state index contributed by atoms with van der Waals surface area (Å²) in [5, 5.41) is 0. The SMILES string of the molecule is C=CCN1CCC2(CC1)CN(C(=O)c1ccccc1OC)c1ccccc12. The lowest BCUT2D eigenvalue weighted by Crippen LogP contribution is -2.46. The molecule has 2 aromatic rings. The van der Waals surface area contributed by atoms with E-state index < -0.39 is 0 Å². The van der Waals surface area contributed by atoms with Gasteiger partial charge in [0.05, 0.1) is 12.7 Å². The highest BCUT2D eigenvalue weighted by Gasteiger charge is 2.46. The molecule has 0 unspecified atom stereocenters. The van der Waals surface area contributed by atoms with Crippen LogP contribution in [0.2, 0.25) is 0 Å². The molecule has 4 heteroatoms. The molecule has 0 aliphatic carbocycles. The quantitative estimate of drug-likeness (QED) is 0.774. The van der Waals surface area contributed by atoms with E-state index in [9.17, 15) is 4.79 Å². The summed E-state index contributed by atoms with van der Waals surface area (Å²) in [4.78, 5) is 17.8. The molecule has 1 spiro atoms. The van der Waals surface area contributed by atoms with E-state index in [2.05, 4.69) is 29.7 Å². The third-order valence-electron chi connectivity index (χ3n) is 6.01. The van der Waals surface area contributed by atoms with Crippen molar-refractivity contribution in [2.24, 2.45) is 0 Å². The fourth-order valence-corrected chi connectivity index (χ4v) is 4.55. The summed E-state index contributed by atoms with van der Waals surface area (Å²) in [6.45, 7) is 7.61. The summed E-state index contributed by atoms with van der Waals surface area (Å²) in [7, 11) is 1.61. The van der Waals surface area contributed by atoms with Crippen molar-refractivity contribution in [2.45, 2.75) is 18.3 Å². The number of amides is 1. The highest BCUT2D eigenvalue weighted by molar-refractivity contribution is 6.09. The lowest BCUT2D eigenvalue weighted by atomic mass is 9.74. The molecule has 27 heavy (non-hydrogen) atoms. The van der Waals surface area contributed by atoms with Crippen LogP contribution in [-0.2, 0) is 5.41 Å². The van der Waals surface area contributed by atoms with Gasteiger partial charge in [0.25, 0.3) is 5.91 Å². The molecule has 0 aromatic heterocycles. The van der Waals surface area contributed by atoms with Crippen LogP contribution < -0.4 is 9.64 Å². The molecule has 4 nitrogen and oxygen atoms in total. The zero-order valence-corrected chi connectivity index (χ0v) is 15.9. The van der Waals surface area contributed by atoms with Gasteiger partial charge < -0.3 is 9.64 Å². The molecule has 4 rings (SSSR count). The van der Waals surface area contributed by atoms with E-state index in [-0.39, 0.29) is 11.3 Å². The van der Waals surface area contributed by atoms with Gasteiger partial charge in [-0.1, -0.05) is 36.4 Å². The van der Waals surface area contributed by atoms with E-state index in [1.165, 1.54) is 5.56 Å². The Morgan fingerprint density at radius 3 is 2.59 bits per heavy atom. The first-order chi connectivity index (χ1) is 13.2. The summed E-state index contributed by atoms with van der Waals surface area (Å²) >= 11 is 0. The standard InChI is InChI=1S/C23H26N2O2/c1-3-14-24-15-12-23(13-16-24)17-25(20-10-6-5-9-19(20)23)22(26)18-8-4-7-11-21(18)27-2/h3-11H,1,12-17H2,2H3. The first-order valence-electron chi connectivity index (χ1n) is 9.56. The number of nitrogens with zero attached hydrogens (tertiary/aromatic N) is 2. The van der Waals surface area contributed by atoms with E-state index in [4.69, 9.17) is 4.74 Å². The first-order valence-corrected chi connectivity index (χ1v) is 9.56. The Bertz CT molecular complexity index is 853. The Morgan fingerprint density at radius 2 is 1.85 bits per heavy atom. The molecule has 140 valence electrons. The molecular formula is C23H26N2O2. The smallest absolute Gasteiger partial charge is 0.262 e. The van der Waals surface area contributed by atoms with Gasteiger partial charge in [-0.25, -0.2) is 0 Å². The molecule has 1 saturated heterocycles. The second-order valence-electron chi connectivity index (χ2n) is 7.48. The van der Waals surface area contributed by atoms with Crippen molar-refractivity contribution < 1.29 is 9.53 Å². The molecule has 2 aliphatic rings.